The van der Waals surface area contributed by atoms with Gasteiger partial charge in [-0.3, -0.25) is 0 Å². The average molecular weight is 354 g/mol. The van der Waals surface area contributed by atoms with Crippen LogP contribution in [0, 0.1) is 5.92 Å². The highest BCUT2D eigenvalue weighted by Gasteiger charge is 2.30. The fraction of sp³-hybridized carbons (Fsp3) is 0.235. The second-order valence-corrected chi connectivity index (χ2v) is 6.53. The highest BCUT2D eigenvalue weighted by atomic mass is 32.2. The van der Waals surface area contributed by atoms with E-state index in [0.29, 0.717) is 22.6 Å². The molecular formula is C17H13F3O3S. The topological polar surface area (TPSA) is 46.5 Å². The van der Waals surface area contributed by atoms with Crippen molar-refractivity contribution in [2.45, 2.75) is 19.2 Å². The molecule has 0 radical (unpaired) electrons. The zero-order valence-electron chi connectivity index (χ0n) is 12.3. The zero-order valence-corrected chi connectivity index (χ0v) is 13.2. The number of carbonyl (C=O) groups is 1. The van der Waals surface area contributed by atoms with Gasteiger partial charge in [-0.15, -0.1) is 0 Å². The molecule has 0 saturated carbocycles. The number of alkyl halides is 3. The molecule has 1 unspecified atom stereocenters. The summed E-state index contributed by atoms with van der Waals surface area (Å²) in [5.41, 5.74) is -0.0597. The van der Waals surface area contributed by atoms with Crippen LogP contribution in [0.2, 0.25) is 0 Å². The van der Waals surface area contributed by atoms with Gasteiger partial charge in [0.05, 0.1) is 10.5 Å². The largest absolute Gasteiger partial charge is 0.489 e. The third-order valence-electron chi connectivity index (χ3n) is 3.70. The summed E-state index contributed by atoms with van der Waals surface area (Å²) >= 11 is 1.21. The Balaban J connectivity index is 1.60. The number of hydrogen-bond acceptors (Lipinski definition) is 3. The molecule has 7 heteroatoms. The third kappa shape index (κ3) is 3.67. The van der Waals surface area contributed by atoms with Crippen LogP contribution in [-0.4, -0.2) is 11.1 Å². The molecular weight excluding hydrogens is 341 g/mol. The molecule has 2 aliphatic rings. The van der Waals surface area contributed by atoms with E-state index in [1.54, 1.807) is 12.2 Å². The zero-order chi connectivity index (χ0) is 17.3. The van der Waals surface area contributed by atoms with Crippen molar-refractivity contribution >= 4 is 17.7 Å². The van der Waals surface area contributed by atoms with Gasteiger partial charge in [0.25, 0.3) is 0 Å². The second-order valence-electron chi connectivity index (χ2n) is 5.42. The Kier molecular flexibility index (Phi) is 4.45. The molecule has 1 aromatic rings. The molecule has 0 fully saturated rings. The van der Waals surface area contributed by atoms with Crippen LogP contribution in [0.3, 0.4) is 0 Å². The lowest BCUT2D eigenvalue weighted by Gasteiger charge is -2.16. The number of hydrogen-bond donors (Lipinski definition) is 1. The minimum absolute atomic E-state index is 0.0690. The molecule has 126 valence electrons. The quantitative estimate of drug-likeness (QED) is 0.849. The fourth-order valence-corrected chi connectivity index (χ4v) is 3.50. The highest BCUT2D eigenvalue weighted by Crippen LogP contribution is 2.44. The summed E-state index contributed by atoms with van der Waals surface area (Å²) in [6.07, 6.45) is 1.68. The van der Waals surface area contributed by atoms with Crippen LogP contribution in [0.1, 0.15) is 17.5 Å². The van der Waals surface area contributed by atoms with Crippen LogP contribution >= 0.6 is 11.8 Å². The third-order valence-corrected chi connectivity index (χ3v) is 4.89. The first-order valence-electron chi connectivity index (χ1n) is 7.16. The molecule has 3 nitrogen and oxygen atoms in total. The first-order chi connectivity index (χ1) is 11.3. The van der Waals surface area contributed by atoms with Crippen molar-refractivity contribution in [3.8, 4) is 0 Å². The van der Waals surface area contributed by atoms with Crippen LogP contribution < -0.4 is 0 Å². The van der Waals surface area contributed by atoms with Crippen molar-refractivity contribution in [1.82, 2.24) is 0 Å². The normalized spacial score (nSPS) is 20.0. The van der Waals surface area contributed by atoms with Gasteiger partial charge < -0.3 is 9.84 Å². The Morgan fingerprint density at radius 1 is 1.29 bits per heavy atom. The highest BCUT2D eigenvalue weighted by molar-refractivity contribution is 8.07. The number of rotatable bonds is 4. The van der Waals surface area contributed by atoms with Gasteiger partial charge >= 0.3 is 12.1 Å². The van der Waals surface area contributed by atoms with Gasteiger partial charge in [0.15, 0.2) is 0 Å². The van der Waals surface area contributed by atoms with Crippen LogP contribution in [0.15, 0.2) is 58.1 Å². The van der Waals surface area contributed by atoms with Crippen molar-refractivity contribution in [1.29, 1.82) is 0 Å². The van der Waals surface area contributed by atoms with E-state index >= 15 is 0 Å². The molecule has 0 bridgehead atoms. The van der Waals surface area contributed by atoms with Gasteiger partial charge in [-0.1, -0.05) is 30.0 Å². The molecule has 0 spiro atoms. The molecule has 3 rings (SSSR count). The van der Waals surface area contributed by atoms with Crippen LogP contribution in [-0.2, 0) is 22.3 Å². The standard InChI is InChI=1S/C17H13F3O3S/c18-17(19,20)12-4-1-10(2-5-12)9-23-13-6-3-11-7-15(16(21)22)24-14(11)8-13/h1-2,4-8,11H,3,9H2,(H,21,22). The van der Waals surface area contributed by atoms with Crippen LogP contribution in [0.25, 0.3) is 0 Å². The van der Waals surface area contributed by atoms with E-state index in [1.807, 2.05) is 6.08 Å². The first kappa shape index (κ1) is 16.7. The SMILES string of the molecule is O=C(O)C1=CC2CC=C(OCc3ccc(C(F)(F)F)cc3)C=C2S1. The van der Waals surface area contributed by atoms with E-state index in [4.69, 9.17) is 9.84 Å². The Morgan fingerprint density at radius 3 is 2.62 bits per heavy atom. The van der Waals surface area contributed by atoms with E-state index in [2.05, 4.69) is 0 Å². The van der Waals surface area contributed by atoms with Gasteiger partial charge in [0, 0.05) is 10.8 Å². The smallest absolute Gasteiger partial charge is 0.416 e. The molecule has 1 N–H and O–H groups in total. The van der Waals surface area contributed by atoms with Crippen molar-refractivity contribution in [2.75, 3.05) is 0 Å². The summed E-state index contributed by atoms with van der Waals surface area (Å²) in [6, 6.07) is 4.82. The van der Waals surface area contributed by atoms with Gasteiger partial charge in [0.2, 0.25) is 0 Å². The molecule has 0 saturated heterocycles. The van der Waals surface area contributed by atoms with Crippen LogP contribution in [0.5, 0.6) is 0 Å². The molecule has 0 aromatic heterocycles. The van der Waals surface area contributed by atoms with E-state index in [-0.39, 0.29) is 12.5 Å². The van der Waals surface area contributed by atoms with E-state index in [0.717, 1.165) is 17.0 Å². The van der Waals surface area contributed by atoms with E-state index < -0.39 is 17.7 Å². The fourth-order valence-electron chi connectivity index (χ4n) is 2.44. The number of thioether (sulfide) groups is 1. The Bertz CT molecular complexity index is 745. The van der Waals surface area contributed by atoms with Crippen molar-refractivity contribution in [3.63, 3.8) is 0 Å². The molecule has 1 atom stereocenters. The Hall–Kier alpha value is -2.15. The Morgan fingerprint density at radius 2 is 2.00 bits per heavy atom. The lowest BCUT2D eigenvalue weighted by Crippen LogP contribution is -2.05. The molecule has 0 amide bonds. The summed E-state index contributed by atoms with van der Waals surface area (Å²) in [5, 5.41) is 9.01. The molecule has 1 aromatic carbocycles. The van der Waals surface area contributed by atoms with Crippen molar-refractivity contribution in [3.05, 3.63) is 69.2 Å². The number of carboxylic acid groups (broad SMARTS) is 1. The molecule has 1 heterocycles. The Labute approximate surface area is 140 Å². The summed E-state index contributed by atoms with van der Waals surface area (Å²) in [6.45, 7) is 0.155. The molecule has 1 aliphatic carbocycles. The molecule has 1 aliphatic heterocycles. The first-order valence-corrected chi connectivity index (χ1v) is 7.98. The van der Waals surface area contributed by atoms with Gasteiger partial charge in [-0.2, -0.15) is 13.2 Å². The van der Waals surface area contributed by atoms with Crippen molar-refractivity contribution in [2.24, 2.45) is 5.92 Å². The summed E-state index contributed by atoms with van der Waals surface area (Å²) < 4.78 is 43.2. The maximum absolute atomic E-state index is 12.5. The lowest BCUT2D eigenvalue weighted by molar-refractivity contribution is -0.137. The number of halogens is 3. The van der Waals surface area contributed by atoms with Crippen LogP contribution in [0.4, 0.5) is 13.2 Å². The number of aliphatic carboxylic acids is 1. The summed E-state index contributed by atoms with van der Waals surface area (Å²) in [5.74, 6) is -0.268. The number of ether oxygens (including phenoxy) is 1. The lowest BCUT2D eigenvalue weighted by atomic mass is 9.99. The van der Waals surface area contributed by atoms with Gasteiger partial charge in [0.1, 0.15) is 12.4 Å². The number of carboxylic acids is 1. The number of benzene rings is 1. The molecule has 24 heavy (non-hydrogen) atoms. The minimum atomic E-state index is -4.35. The maximum atomic E-state index is 12.5. The van der Waals surface area contributed by atoms with Gasteiger partial charge in [-0.05, 0) is 36.3 Å². The summed E-state index contributed by atoms with van der Waals surface area (Å²) in [4.78, 5) is 12.2. The van der Waals surface area contributed by atoms with Gasteiger partial charge in [-0.25, -0.2) is 4.79 Å². The predicted octanol–water partition coefficient (Wildman–Crippen LogP) is 4.73. The van der Waals surface area contributed by atoms with E-state index in [9.17, 15) is 18.0 Å². The minimum Gasteiger partial charge on any atom is -0.489 e. The van der Waals surface area contributed by atoms with E-state index in [1.165, 1.54) is 23.9 Å². The average Bonchev–Trinajstić information content (AvgIpc) is 2.96. The monoisotopic (exact) mass is 354 g/mol. The number of fused-ring (bicyclic) bond motifs is 1. The second kappa shape index (κ2) is 6.39. The summed E-state index contributed by atoms with van der Waals surface area (Å²) in [7, 11) is 0. The maximum Gasteiger partial charge on any atom is 0.416 e. The predicted molar refractivity (Wildman–Crippen MR) is 83.8 cm³/mol. The number of allylic oxidation sites excluding steroid dienone is 4. The van der Waals surface area contributed by atoms with Crippen molar-refractivity contribution < 1.29 is 27.8 Å².